The van der Waals surface area contributed by atoms with Crippen LogP contribution in [0.25, 0.3) is 0 Å². The Balaban J connectivity index is 1.91. The summed E-state index contributed by atoms with van der Waals surface area (Å²) in [6.45, 7) is 1.90. The molecule has 140 valence electrons. The lowest BCUT2D eigenvalue weighted by Gasteiger charge is -2.18. The number of carbonyl (C=O) groups excluding carboxylic acids is 1. The molecule has 2 aromatic rings. The van der Waals surface area contributed by atoms with Gasteiger partial charge in [-0.25, -0.2) is 8.42 Å². The second-order valence-electron chi connectivity index (χ2n) is 5.95. The van der Waals surface area contributed by atoms with Gasteiger partial charge >= 0.3 is 0 Å². The van der Waals surface area contributed by atoms with E-state index in [1.54, 1.807) is 24.3 Å². The number of nitrogens with one attached hydrogen (secondary N) is 1. The van der Waals surface area contributed by atoms with E-state index in [-0.39, 0.29) is 18.6 Å². The van der Waals surface area contributed by atoms with Gasteiger partial charge in [-0.2, -0.15) is 0 Å². The van der Waals surface area contributed by atoms with Crippen LogP contribution in [0.5, 0.6) is 5.75 Å². The smallest absolute Gasteiger partial charge is 0.258 e. The summed E-state index contributed by atoms with van der Waals surface area (Å²) in [5.41, 5.74) is 1.58. The number of amides is 1. The Morgan fingerprint density at radius 3 is 2.27 bits per heavy atom. The van der Waals surface area contributed by atoms with Crippen LogP contribution in [0.15, 0.2) is 54.6 Å². The van der Waals surface area contributed by atoms with Crippen LogP contribution in [0, 0.1) is 0 Å². The molecule has 1 amide bonds. The van der Waals surface area contributed by atoms with Gasteiger partial charge in [0.05, 0.1) is 18.0 Å². The summed E-state index contributed by atoms with van der Waals surface area (Å²) in [6, 6.07) is 16.3. The number of hydrogen-bond acceptors (Lipinski definition) is 4. The molecule has 6 nitrogen and oxygen atoms in total. The summed E-state index contributed by atoms with van der Waals surface area (Å²) < 4.78 is 29.7. The number of rotatable bonds is 8. The van der Waals surface area contributed by atoms with E-state index in [9.17, 15) is 13.2 Å². The normalized spacial score (nSPS) is 12.3. The molecule has 1 N–H and O–H groups in total. The third-order valence-corrected chi connectivity index (χ3v) is 5.22. The number of anilines is 1. The van der Waals surface area contributed by atoms with Crippen LogP contribution in [-0.2, 0) is 14.8 Å². The Labute approximate surface area is 154 Å². The first-order valence-corrected chi connectivity index (χ1v) is 10.2. The molecule has 0 aliphatic carbocycles. The van der Waals surface area contributed by atoms with Gasteiger partial charge < -0.3 is 10.1 Å². The molecule has 0 bridgehead atoms. The maximum atomic E-state index is 12.1. The van der Waals surface area contributed by atoms with E-state index in [0.717, 1.165) is 18.2 Å². The van der Waals surface area contributed by atoms with E-state index < -0.39 is 10.0 Å². The van der Waals surface area contributed by atoms with Crippen molar-refractivity contribution in [1.82, 2.24) is 5.32 Å². The standard InChI is InChI=1S/C19H24N2O4S/c1-4-18(15-8-6-5-7-9-15)20-19(22)14-25-17-12-10-16(11-13-17)21(2)26(3,23)24/h5-13,18H,4,14H2,1-3H3,(H,20,22). The monoisotopic (exact) mass is 376 g/mol. The molecule has 7 heteroatoms. The number of nitrogens with zero attached hydrogens (tertiary/aromatic N) is 1. The van der Waals surface area contributed by atoms with Crippen LogP contribution in [0.3, 0.4) is 0 Å². The van der Waals surface area contributed by atoms with Gasteiger partial charge in [0, 0.05) is 7.05 Å². The second kappa shape index (κ2) is 8.71. The zero-order valence-electron chi connectivity index (χ0n) is 15.2. The minimum atomic E-state index is -3.31. The molecule has 1 unspecified atom stereocenters. The number of hydrogen-bond donors (Lipinski definition) is 1. The van der Waals surface area contributed by atoms with Crippen molar-refractivity contribution in [2.45, 2.75) is 19.4 Å². The molecule has 0 heterocycles. The number of ether oxygens (including phenoxy) is 1. The van der Waals surface area contributed by atoms with Gasteiger partial charge in [-0.05, 0) is 36.2 Å². The van der Waals surface area contributed by atoms with E-state index in [4.69, 9.17) is 4.74 Å². The highest BCUT2D eigenvalue weighted by atomic mass is 32.2. The summed E-state index contributed by atoms with van der Waals surface area (Å²) in [4.78, 5) is 12.1. The molecular formula is C19H24N2O4S. The van der Waals surface area contributed by atoms with Gasteiger partial charge in [0.15, 0.2) is 6.61 Å². The molecule has 0 aliphatic heterocycles. The lowest BCUT2D eigenvalue weighted by molar-refractivity contribution is -0.123. The van der Waals surface area contributed by atoms with Crippen LogP contribution in [0.1, 0.15) is 24.9 Å². The predicted octanol–water partition coefficient (Wildman–Crippen LogP) is 2.73. The lowest BCUT2D eigenvalue weighted by atomic mass is 10.0. The van der Waals surface area contributed by atoms with Crippen LogP contribution in [0.4, 0.5) is 5.69 Å². The number of carbonyl (C=O) groups is 1. The molecule has 0 radical (unpaired) electrons. The summed E-state index contributed by atoms with van der Waals surface area (Å²) in [7, 11) is -1.83. The van der Waals surface area contributed by atoms with Gasteiger partial charge in [0.1, 0.15) is 5.75 Å². The summed E-state index contributed by atoms with van der Waals surface area (Å²) in [6.07, 6.45) is 1.92. The number of benzene rings is 2. The van der Waals surface area contributed by atoms with Gasteiger partial charge in [0.2, 0.25) is 10.0 Å². The third kappa shape index (κ3) is 5.49. The largest absolute Gasteiger partial charge is 0.484 e. The Hall–Kier alpha value is -2.54. The summed E-state index contributed by atoms with van der Waals surface area (Å²) >= 11 is 0. The summed E-state index contributed by atoms with van der Waals surface area (Å²) in [5, 5.41) is 2.95. The van der Waals surface area contributed by atoms with Crippen LogP contribution >= 0.6 is 0 Å². The van der Waals surface area contributed by atoms with Gasteiger partial charge in [0.25, 0.3) is 5.91 Å². The Morgan fingerprint density at radius 2 is 1.73 bits per heavy atom. The molecule has 0 saturated carbocycles. The van der Waals surface area contributed by atoms with Crippen molar-refractivity contribution < 1.29 is 17.9 Å². The Bertz CT molecular complexity index is 820. The predicted molar refractivity (Wildman–Crippen MR) is 103 cm³/mol. The fourth-order valence-corrected chi connectivity index (χ4v) is 2.94. The van der Waals surface area contributed by atoms with Crippen LogP contribution < -0.4 is 14.4 Å². The average Bonchev–Trinajstić information content (AvgIpc) is 2.64. The molecule has 1 atom stereocenters. The fourth-order valence-electron chi connectivity index (χ4n) is 2.44. The first-order valence-electron chi connectivity index (χ1n) is 8.32. The molecule has 2 aromatic carbocycles. The zero-order valence-corrected chi connectivity index (χ0v) is 16.0. The van der Waals surface area contributed by atoms with Crippen molar-refractivity contribution in [2.75, 3.05) is 24.2 Å². The van der Waals surface area contributed by atoms with Crippen molar-refractivity contribution in [3.05, 3.63) is 60.2 Å². The molecule has 2 rings (SSSR count). The number of sulfonamides is 1. The fraction of sp³-hybridized carbons (Fsp3) is 0.316. The highest BCUT2D eigenvalue weighted by Crippen LogP contribution is 2.20. The van der Waals surface area contributed by atoms with E-state index in [1.807, 2.05) is 37.3 Å². The maximum absolute atomic E-state index is 12.1. The lowest BCUT2D eigenvalue weighted by Crippen LogP contribution is -2.32. The van der Waals surface area contributed by atoms with Crippen molar-refractivity contribution in [2.24, 2.45) is 0 Å². The average molecular weight is 376 g/mol. The highest BCUT2D eigenvalue weighted by molar-refractivity contribution is 7.92. The van der Waals surface area contributed by atoms with Crippen LogP contribution in [0.2, 0.25) is 0 Å². The zero-order chi connectivity index (χ0) is 19.2. The van der Waals surface area contributed by atoms with Crippen molar-refractivity contribution >= 4 is 21.6 Å². The quantitative estimate of drug-likeness (QED) is 0.769. The first-order chi connectivity index (χ1) is 12.3. The van der Waals surface area contributed by atoms with E-state index in [2.05, 4.69) is 5.32 Å². The van der Waals surface area contributed by atoms with E-state index in [1.165, 1.54) is 11.4 Å². The molecule has 26 heavy (non-hydrogen) atoms. The molecule has 0 saturated heterocycles. The van der Waals surface area contributed by atoms with E-state index in [0.29, 0.717) is 11.4 Å². The van der Waals surface area contributed by atoms with Gasteiger partial charge in [-0.1, -0.05) is 37.3 Å². The molecule has 0 aromatic heterocycles. The first kappa shape index (κ1) is 19.8. The maximum Gasteiger partial charge on any atom is 0.258 e. The van der Waals surface area contributed by atoms with Crippen LogP contribution in [-0.4, -0.2) is 34.2 Å². The van der Waals surface area contributed by atoms with Gasteiger partial charge in [-0.15, -0.1) is 0 Å². The Kier molecular flexibility index (Phi) is 6.63. The van der Waals surface area contributed by atoms with Crippen molar-refractivity contribution in [3.8, 4) is 5.75 Å². The minimum absolute atomic E-state index is 0.0573. The molecule has 0 fully saturated rings. The molecule has 0 aliphatic rings. The molecule has 0 spiro atoms. The highest BCUT2D eigenvalue weighted by Gasteiger charge is 2.14. The Morgan fingerprint density at radius 1 is 1.12 bits per heavy atom. The van der Waals surface area contributed by atoms with Crippen molar-refractivity contribution in [3.63, 3.8) is 0 Å². The van der Waals surface area contributed by atoms with Crippen molar-refractivity contribution in [1.29, 1.82) is 0 Å². The summed E-state index contributed by atoms with van der Waals surface area (Å²) in [5.74, 6) is 0.289. The molecular weight excluding hydrogens is 352 g/mol. The van der Waals surface area contributed by atoms with E-state index >= 15 is 0 Å². The third-order valence-electron chi connectivity index (χ3n) is 4.01. The second-order valence-corrected chi connectivity index (χ2v) is 7.97. The topological polar surface area (TPSA) is 75.7 Å². The SMILES string of the molecule is CCC(NC(=O)COc1ccc(N(C)S(C)(=O)=O)cc1)c1ccccc1. The van der Waals surface area contributed by atoms with Gasteiger partial charge in [-0.3, -0.25) is 9.10 Å². The minimum Gasteiger partial charge on any atom is -0.484 e.